The second-order valence-corrected chi connectivity index (χ2v) is 19.8. The maximum absolute atomic E-state index is 15.7. The lowest BCUT2D eigenvalue weighted by Gasteiger charge is -2.68. The lowest BCUT2D eigenvalue weighted by molar-refractivity contribution is -0.344. The second kappa shape index (κ2) is 13.5. The Morgan fingerprint density at radius 3 is 2.27 bits per heavy atom. The Morgan fingerprint density at radius 1 is 1.10 bits per heavy atom. The van der Waals surface area contributed by atoms with Crippen LogP contribution in [-0.2, 0) is 33.0 Å². The molecule has 1 saturated heterocycles. The Hall–Kier alpha value is -2.67. The summed E-state index contributed by atoms with van der Waals surface area (Å²) in [5.74, 6) is -2.82. The molecule has 1 aliphatic heterocycles. The average molecular weight is 699 g/mol. The monoisotopic (exact) mass is 698 g/mol. The molecule has 49 heavy (non-hydrogen) atoms. The Kier molecular flexibility index (Phi) is 10.3. The first-order valence-corrected chi connectivity index (χ1v) is 20.2. The molecule has 1 aromatic rings. The summed E-state index contributed by atoms with van der Waals surface area (Å²) in [7, 11) is -2.42. The van der Waals surface area contributed by atoms with E-state index in [4.69, 9.17) is 23.4 Å². The quantitative estimate of drug-likeness (QED) is 0.177. The third-order valence-corrected chi connectivity index (χ3v) is 17.2. The van der Waals surface area contributed by atoms with E-state index in [1.54, 1.807) is 64.1 Å². The fourth-order valence-corrected chi connectivity index (χ4v) is 12.3. The van der Waals surface area contributed by atoms with Crippen LogP contribution in [0.5, 0.6) is 0 Å². The number of ketones is 1. The summed E-state index contributed by atoms with van der Waals surface area (Å²) in [6.07, 6.45) is -3.72. The Bertz CT molecular complexity index is 1480. The zero-order valence-corrected chi connectivity index (χ0v) is 31.2. The molecule has 0 amide bonds. The number of rotatable bonds is 11. The van der Waals surface area contributed by atoms with Crippen LogP contribution in [0.4, 0.5) is 0 Å². The van der Waals surface area contributed by atoms with Crippen molar-refractivity contribution in [3.05, 3.63) is 59.7 Å². The van der Waals surface area contributed by atoms with Crippen LogP contribution in [0.15, 0.2) is 54.1 Å². The van der Waals surface area contributed by atoms with Gasteiger partial charge in [-0.3, -0.25) is 9.59 Å². The molecule has 4 aliphatic rings. The molecule has 0 unspecified atom stereocenters. The molecule has 3 fully saturated rings. The standard InChI is InChI=1S/C38H54O10Si/c1-10-19-44-30-29-23(5)26(40)21-38(43,35(29,7)8)33(46-34(42)25-17-15-14-16-18-25)31-36(9,32(30)41)27(48-49(11-2,12-3)13-4)20-28-37(31,22-45-28)47-24(6)39/h10,14-18,26-28,30-31,33,40,43H,1,11-13,19-22H2,2-9H3/t26-,27-,28+,30+,31-,33-,36+,37-,38+/m0/s1. The number of fused-ring (bicyclic) bond motifs is 5. The van der Waals surface area contributed by atoms with E-state index in [9.17, 15) is 19.8 Å². The van der Waals surface area contributed by atoms with Crippen LogP contribution < -0.4 is 0 Å². The van der Waals surface area contributed by atoms with Crippen molar-refractivity contribution >= 4 is 26.0 Å². The van der Waals surface area contributed by atoms with E-state index in [2.05, 4.69) is 27.4 Å². The zero-order valence-electron chi connectivity index (χ0n) is 30.2. The maximum Gasteiger partial charge on any atom is 0.338 e. The zero-order chi connectivity index (χ0) is 36.2. The minimum atomic E-state index is -2.42. The summed E-state index contributed by atoms with van der Waals surface area (Å²) in [5, 5.41) is 24.9. The smallest absolute Gasteiger partial charge is 0.338 e. The molecule has 2 saturated carbocycles. The molecule has 11 heteroatoms. The number of aliphatic hydroxyl groups is 2. The van der Waals surface area contributed by atoms with Crippen molar-refractivity contribution in [1.82, 2.24) is 0 Å². The second-order valence-electron chi connectivity index (χ2n) is 15.1. The third kappa shape index (κ3) is 5.69. The molecule has 270 valence electrons. The number of Topliss-reactive ketones (excluding diaryl/α,β-unsaturated/α-hetero) is 1. The number of aliphatic hydroxyl groups excluding tert-OH is 1. The van der Waals surface area contributed by atoms with Gasteiger partial charge >= 0.3 is 11.9 Å². The summed E-state index contributed by atoms with van der Waals surface area (Å²) in [6.45, 7) is 18.5. The van der Waals surface area contributed by atoms with Gasteiger partial charge in [0.15, 0.2) is 19.7 Å². The minimum absolute atomic E-state index is 0.0227. The Balaban J connectivity index is 1.87. The molecule has 1 aromatic carbocycles. The van der Waals surface area contributed by atoms with Crippen LogP contribution in [0, 0.1) is 16.7 Å². The molecule has 3 aliphatic carbocycles. The number of carbonyl (C=O) groups is 3. The van der Waals surface area contributed by atoms with Crippen LogP contribution in [-0.4, -0.2) is 91.2 Å². The van der Waals surface area contributed by atoms with E-state index >= 15 is 4.79 Å². The van der Waals surface area contributed by atoms with Gasteiger partial charge in [-0.15, -0.1) is 6.58 Å². The molecule has 0 aromatic heterocycles. The van der Waals surface area contributed by atoms with Gasteiger partial charge in [-0.05, 0) is 55.3 Å². The van der Waals surface area contributed by atoms with E-state index < -0.39 is 78.7 Å². The van der Waals surface area contributed by atoms with E-state index in [0.29, 0.717) is 11.1 Å². The van der Waals surface area contributed by atoms with Crippen molar-refractivity contribution in [2.45, 2.75) is 128 Å². The van der Waals surface area contributed by atoms with Gasteiger partial charge in [0.05, 0.1) is 42.3 Å². The van der Waals surface area contributed by atoms with E-state index in [-0.39, 0.29) is 37.4 Å². The van der Waals surface area contributed by atoms with Gasteiger partial charge < -0.3 is 33.6 Å². The molecule has 2 N–H and O–H groups in total. The summed E-state index contributed by atoms with van der Waals surface area (Å²) in [5.41, 5.74) is -5.05. The number of benzene rings is 1. The normalized spacial score (nSPS) is 36.7. The first kappa shape index (κ1) is 37.6. The molecular formula is C38H54O10Si. The number of esters is 2. The van der Waals surface area contributed by atoms with Crippen LogP contribution in [0.3, 0.4) is 0 Å². The van der Waals surface area contributed by atoms with Crippen LogP contribution in [0.2, 0.25) is 18.1 Å². The summed E-state index contributed by atoms with van der Waals surface area (Å²) in [6, 6.07) is 10.9. The lowest BCUT2D eigenvalue weighted by Crippen LogP contribution is -2.82. The van der Waals surface area contributed by atoms with Crippen LogP contribution in [0.1, 0.15) is 78.6 Å². The number of hydrogen-bond donors (Lipinski definition) is 2. The van der Waals surface area contributed by atoms with Gasteiger partial charge in [0.1, 0.15) is 23.9 Å². The van der Waals surface area contributed by atoms with Crippen molar-refractivity contribution in [2.24, 2.45) is 16.7 Å². The first-order valence-electron chi connectivity index (χ1n) is 17.7. The minimum Gasteiger partial charge on any atom is -0.455 e. The molecule has 1 heterocycles. The Labute approximate surface area is 291 Å². The summed E-state index contributed by atoms with van der Waals surface area (Å²) < 4.78 is 32.6. The molecule has 0 radical (unpaired) electrons. The molecule has 2 bridgehead atoms. The fourth-order valence-electron chi connectivity index (χ4n) is 9.40. The fraction of sp³-hybridized carbons (Fsp3) is 0.658. The largest absolute Gasteiger partial charge is 0.455 e. The number of hydrogen-bond acceptors (Lipinski definition) is 10. The maximum atomic E-state index is 15.7. The van der Waals surface area contributed by atoms with Crippen LogP contribution in [0.25, 0.3) is 0 Å². The summed E-state index contributed by atoms with van der Waals surface area (Å²) in [4.78, 5) is 42.8. The van der Waals surface area contributed by atoms with Crippen molar-refractivity contribution in [2.75, 3.05) is 13.2 Å². The van der Waals surface area contributed by atoms with Gasteiger partial charge in [-0.2, -0.15) is 0 Å². The molecular weight excluding hydrogens is 644 g/mol. The Morgan fingerprint density at radius 2 is 1.73 bits per heavy atom. The van der Waals surface area contributed by atoms with Gasteiger partial charge in [-0.1, -0.05) is 58.9 Å². The highest BCUT2D eigenvalue weighted by atomic mass is 28.4. The van der Waals surface area contributed by atoms with Crippen molar-refractivity contribution < 1.29 is 48.0 Å². The van der Waals surface area contributed by atoms with E-state index in [1.807, 2.05) is 0 Å². The van der Waals surface area contributed by atoms with Gasteiger partial charge in [0.25, 0.3) is 0 Å². The van der Waals surface area contributed by atoms with Crippen molar-refractivity contribution in [1.29, 1.82) is 0 Å². The number of ether oxygens (including phenoxy) is 4. The average Bonchev–Trinajstić information content (AvgIpc) is 3.06. The predicted octanol–water partition coefficient (Wildman–Crippen LogP) is 5.32. The molecule has 0 spiro atoms. The van der Waals surface area contributed by atoms with E-state index in [0.717, 1.165) is 18.1 Å². The third-order valence-electron chi connectivity index (χ3n) is 12.6. The SMILES string of the molecule is C=CCO[C@H]1C(=O)[C@]2(C)[C@@H](O[Si](CC)(CC)CC)C[C@H]3OC[C@@]3(OC(C)=O)[C@H]2[C@H](OC(=O)c2ccccc2)[C@]2(O)C[C@H](O)C(C)=C1C2(C)C. The lowest BCUT2D eigenvalue weighted by atomic mass is 9.44. The number of carbonyl (C=O) groups excluding carboxylic acids is 3. The predicted molar refractivity (Wildman–Crippen MR) is 185 cm³/mol. The molecule has 10 nitrogen and oxygen atoms in total. The highest BCUT2D eigenvalue weighted by molar-refractivity contribution is 6.73. The van der Waals surface area contributed by atoms with Crippen molar-refractivity contribution in [3.63, 3.8) is 0 Å². The van der Waals surface area contributed by atoms with Crippen molar-refractivity contribution in [3.8, 4) is 0 Å². The van der Waals surface area contributed by atoms with Gasteiger partial charge in [-0.25, -0.2) is 4.79 Å². The van der Waals surface area contributed by atoms with Crippen LogP contribution >= 0.6 is 0 Å². The van der Waals surface area contributed by atoms with Gasteiger partial charge in [0, 0.05) is 25.2 Å². The van der Waals surface area contributed by atoms with Gasteiger partial charge in [0.2, 0.25) is 0 Å². The molecule has 5 rings (SSSR count). The first-order chi connectivity index (χ1) is 23.0. The molecule has 9 atom stereocenters. The highest BCUT2D eigenvalue weighted by Crippen LogP contribution is 2.65. The topological polar surface area (TPSA) is 138 Å². The highest BCUT2D eigenvalue weighted by Gasteiger charge is 2.78. The van der Waals surface area contributed by atoms with E-state index in [1.165, 1.54) is 6.92 Å². The summed E-state index contributed by atoms with van der Waals surface area (Å²) >= 11 is 0.